The Kier molecular flexibility index (Phi) is 3.14. The smallest absolute Gasteiger partial charge is 0.393 e. The zero-order valence-electron chi connectivity index (χ0n) is 9.61. The number of ether oxygens (including phenoxy) is 1. The average molecular weight is 263 g/mol. The molecular formula is C9H12F3N5O. The van der Waals surface area contributed by atoms with Gasteiger partial charge in [0, 0.05) is 13.1 Å². The molecule has 0 spiro atoms. The molecule has 0 aromatic carbocycles. The molecule has 2 N–H and O–H groups in total. The fraction of sp³-hybridized carbons (Fsp3) is 0.667. The lowest BCUT2D eigenvalue weighted by Crippen LogP contribution is -2.28. The average Bonchev–Trinajstić information content (AvgIpc) is 2.77. The summed E-state index contributed by atoms with van der Waals surface area (Å²) in [5, 5.41) is 0. The minimum atomic E-state index is -4.20. The van der Waals surface area contributed by atoms with Crippen LogP contribution < -0.4 is 15.4 Å². The highest BCUT2D eigenvalue weighted by Crippen LogP contribution is 2.34. The third-order valence-electron chi connectivity index (χ3n) is 2.74. The SMILES string of the molecule is COc1nc(N)nc(N2CCC(C(F)(F)F)C2)n1. The van der Waals surface area contributed by atoms with Crippen molar-refractivity contribution in [1.29, 1.82) is 0 Å². The highest BCUT2D eigenvalue weighted by molar-refractivity contribution is 5.37. The summed E-state index contributed by atoms with van der Waals surface area (Å²) in [5.41, 5.74) is 5.43. The van der Waals surface area contributed by atoms with Crippen LogP contribution in [0.25, 0.3) is 0 Å². The van der Waals surface area contributed by atoms with E-state index in [1.807, 2.05) is 0 Å². The van der Waals surface area contributed by atoms with E-state index in [2.05, 4.69) is 15.0 Å². The van der Waals surface area contributed by atoms with E-state index in [1.165, 1.54) is 12.0 Å². The van der Waals surface area contributed by atoms with Crippen LogP contribution in [0.5, 0.6) is 6.01 Å². The Morgan fingerprint density at radius 1 is 1.33 bits per heavy atom. The summed E-state index contributed by atoms with van der Waals surface area (Å²) >= 11 is 0. The van der Waals surface area contributed by atoms with Crippen LogP contribution in [0.1, 0.15) is 6.42 Å². The van der Waals surface area contributed by atoms with Crippen LogP contribution in [0.15, 0.2) is 0 Å². The van der Waals surface area contributed by atoms with Crippen molar-refractivity contribution in [2.45, 2.75) is 12.6 Å². The molecule has 9 heteroatoms. The molecule has 2 rings (SSSR count). The van der Waals surface area contributed by atoms with E-state index in [0.29, 0.717) is 0 Å². The molecule has 0 aliphatic carbocycles. The molecular weight excluding hydrogens is 251 g/mol. The first-order valence-corrected chi connectivity index (χ1v) is 5.27. The van der Waals surface area contributed by atoms with Gasteiger partial charge in [0.2, 0.25) is 11.9 Å². The molecule has 1 atom stereocenters. The molecule has 1 fully saturated rings. The van der Waals surface area contributed by atoms with Crippen LogP contribution >= 0.6 is 0 Å². The molecule has 0 amide bonds. The number of hydrogen-bond acceptors (Lipinski definition) is 6. The highest BCUT2D eigenvalue weighted by Gasteiger charge is 2.44. The molecule has 0 radical (unpaired) electrons. The molecule has 100 valence electrons. The Morgan fingerprint density at radius 3 is 2.61 bits per heavy atom. The summed E-state index contributed by atoms with van der Waals surface area (Å²) in [4.78, 5) is 12.8. The molecule has 1 saturated heterocycles. The number of alkyl halides is 3. The normalized spacial score (nSPS) is 20.2. The topological polar surface area (TPSA) is 77.2 Å². The summed E-state index contributed by atoms with van der Waals surface area (Å²) in [7, 11) is 1.35. The summed E-state index contributed by atoms with van der Waals surface area (Å²) in [6.45, 7) is 0.0624. The fourth-order valence-electron chi connectivity index (χ4n) is 1.80. The number of nitrogen functional groups attached to an aromatic ring is 1. The third kappa shape index (κ3) is 2.54. The lowest BCUT2D eigenvalue weighted by atomic mass is 10.1. The van der Waals surface area contributed by atoms with Crippen molar-refractivity contribution in [2.75, 3.05) is 30.8 Å². The molecule has 1 aromatic heterocycles. The Labute approximate surface area is 101 Å². The van der Waals surface area contributed by atoms with E-state index in [4.69, 9.17) is 10.5 Å². The van der Waals surface area contributed by atoms with Gasteiger partial charge in [0.1, 0.15) is 0 Å². The lowest BCUT2D eigenvalue weighted by Gasteiger charge is -2.17. The van der Waals surface area contributed by atoms with E-state index in [9.17, 15) is 13.2 Å². The standard InChI is InChI=1S/C9H12F3N5O/c1-18-8-15-6(13)14-7(16-8)17-3-2-5(4-17)9(10,11)12/h5H,2-4H2,1H3,(H2,13,14,15,16). The Balaban J connectivity index is 2.16. The maximum atomic E-state index is 12.5. The van der Waals surface area contributed by atoms with Crippen molar-refractivity contribution in [2.24, 2.45) is 5.92 Å². The van der Waals surface area contributed by atoms with Gasteiger partial charge in [-0.3, -0.25) is 0 Å². The molecule has 2 heterocycles. The third-order valence-corrected chi connectivity index (χ3v) is 2.74. The number of nitrogens with zero attached hydrogens (tertiary/aromatic N) is 4. The largest absolute Gasteiger partial charge is 0.467 e. The monoisotopic (exact) mass is 263 g/mol. The first kappa shape index (κ1) is 12.7. The van der Waals surface area contributed by atoms with Gasteiger partial charge in [-0.05, 0) is 6.42 Å². The number of nitrogens with two attached hydrogens (primary N) is 1. The minimum absolute atomic E-state index is 0.00652. The number of aromatic nitrogens is 3. The number of rotatable bonds is 2. The van der Waals surface area contributed by atoms with E-state index in [0.717, 1.165) is 0 Å². The van der Waals surface area contributed by atoms with Crippen molar-refractivity contribution in [3.05, 3.63) is 0 Å². The molecule has 18 heavy (non-hydrogen) atoms. The number of methoxy groups -OCH3 is 1. The summed E-state index contributed by atoms with van der Waals surface area (Å²) in [6.07, 6.45) is -4.17. The zero-order chi connectivity index (χ0) is 13.3. The second-order valence-electron chi connectivity index (χ2n) is 3.95. The minimum Gasteiger partial charge on any atom is -0.467 e. The van der Waals surface area contributed by atoms with E-state index < -0.39 is 12.1 Å². The highest BCUT2D eigenvalue weighted by atomic mass is 19.4. The Bertz CT molecular complexity index is 439. The molecule has 1 aliphatic heterocycles. The van der Waals surface area contributed by atoms with Crippen molar-refractivity contribution in [1.82, 2.24) is 15.0 Å². The Hall–Kier alpha value is -1.80. The lowest BCUT2D eigenvalue weighted by molar-refractivity contribution is -0.168. The second-order valence-corrected chi connectivity index (χ2v) is 3.95. The van der Waals surface area contributed by atoms with Crippen LogP contribution in [0.3, 0.4) is 0 Å². The first-order valence-electron chi connectivity index (χ1n) is 5.27. The van der Waals surface area contributed by atoms with E-state index in [-0.39, 0.29) is 37.4 Å². The van der Waals surface area contributed by atoms with Crippen LogP contribution in [0.4, 0.5) is 25.1 Å². The van der Waals surface area contributed by atoms with Gasteiger partial charge in [0.25, 0.3) is 0 Å². The predicted molar refractivity (Wildman–Crippen MR) is 57.2 cm³/mol. The van der Waals surface area contributed by atoms with E-state index >= 15 is 0 Å². The van der Waals surface area contributed by atoms with Crippen LogP contribution in [0.2, 0.25) is 0 Å². The number of hydrogen-bond donors (Lipinski definition) is 1. The quantitative estimate of drug-likeness (QED) is 0.852. The van der Waals surface area contributed by atoms with Gasteiger partial charge in [-0.2, -0.15) is 28.1 Å². The van der Waals surface area contributed by atoms with Crippen molar-refractivity contribution >= 4 is 11.9 Å². The van der Waals surface area contributed by atoms with Crippen molar-refractivity contribution in [3.8, 4) is 6.01 Å². The fourth-order valence-corrected chi connectivity index (χ4v) is 1.80. The summed E-state index contributed by atoms with van der Waals surface area (Å²) in [6, 6.07) is -0.00652. The van der Waals surface area contributed by atoms with Crippen LogP contribution in [-0.2, 0) is 0 Å². The molecule has 0 saturated carbocycles. The second kappa shape index (κ2) is 4.46. The maximum absolute atomic E-state index is 12.5. The van der Waals surface area contributed by atoms with Crippen LogP contribution in [0, 0.1) is 5.92 Å². The molecule has 6 nitrogen and oxygen atoms in total. The molecule has 1 aromatic rings. The van der Waals surface area contributed by atoms with Gasteiger partial charge in [-0.25, -0.2) is 0 Å². The number of halogens is 3. The van der Waals surface area contributed by atoms with Crippen molar-refractivity contribution in [3.63, 3.8) is 0 Å². The number of anilines is 2. The first-order chi connectivity index (χ1) is 8.40. The predicted octanol–water partition coefficient (Wildman–Crippen LogP) is 0.851. The molecule has 0 bridgehead atoms. The zero-order valence-corrected chi connectivity index (χ0v) is 9.61. The maximum Gasteiger partial charge on any atom is 0.393 e. The Morgan fingerprint density at radius 2 is 2.06 bits per heavy atom. The summed E-state index contributed by atoms with van der Waals surface area (Å²) in [5.74, 6) is -1.32. The van der Waals surface area contributed by atoms with Crippen molar-refractivity contribution < 1.29 is 17.9 Å². The van der Waals surface area contributed by atoms with E-state index in [1.54, 1.807) is 0 Å². The molecule has 1 aliphatic rings. The van der Waals surface area contributed by atoms with Gasteiger partial charge >= 0.3 is 12.2 Å². The van der Waals surface area contributed by atoms with Gasteiger partial charge in [0.05, 0.1) is 13.0 Å². The molecule has 1 unspecified atom stereocenters. The van der Waals surface area contributed by atoms with Crippen LogP contribution in [-0.4, -0.2) is 41.3 Å². The van der Waals surface area contributed by atoms with Gasteiger partial charge in [-0.1, -0.05) is 0 Å². The summed E-state index contributed by atoms with van der Waals surface area (Å²) < 4.78 is 42.4. The van der Waals surface area contributed by atoms with Gasteiger partial charge in [-0.15, -0.1) is 0 Å². The van der Waals surface area contributed by atoms with Gasteiger partial charge in [0.15, 0.2) is 0 Å². The van der Waals surface area contributed by atoms with Gasteiger partial charge < -0.3 is 15.4 Å².